The maximum absolute atomic E-state index is 12.2. The van der Waals surface area contributed by atoms with Gasteiger partial charge in [0.25, 0.3) is 0 Å². The van der Waals surface area contributed by atoms with Gasteiger partial charge in [-0.2, -0.15) is 0 Å². The number of ether oxygens (including phenoxy) is 8. The fourth-order valence-electron chi connectivity index (χ4n) is 15.8. The lowest BCUT2D eigenvalue weighted by Gasteiger charge is -2.70. The molecule has 0 amide bonds. The molecule has 4 aliphatic carbocycles. The lowest BCUT2D eigenvalue weighted by Crippen LogP contribution is -2.68. The Kier molecular flexibility index (Phi) is 12.5. The molecule has 0 aromatic heterocycles. The Bertz CT molecular complexity index is 1740. The first-order valence-electron chi connectivity index (χ1n) is 23.9. The molecule has 0 aromatic carbocycles. The van der Waals surface area contributed by atoms with Crippen LogP contribution >= 0.6 is 0 Å². The first-order valence-corrected chi connectivity index (χ1v) is 23.9. The maximum Gasteiger partial charge on any atom is 0.187 e. The summed E-state index contributed by atoms with van der Waals surface area (Å²) in [7, 11) is 0. The van der Waals surface area contributed by atoms with Crippen LogP contribution in [0.15, 0.2) is 11.6 Å². The van der Waals surface area contributed by atoms with Gasteiger partial charge in [0.15, 0.2) is 24.7 Å². The number of rotatable bonds is 8. The molecule has 0 aromatic rings. The highest BCUT2D eigenvalue weighted by Crippen LogP contribution is 2.80. The molecule has 17 nitrogen and oxygen atoms in total. The smallest absolute Gasteiger partial charge is 0.187 e. The van der Waals surface area contributed by atoms with Crippen molar-refractivity contribution in [1.82, 2.24) is 0 Å². The van der Waals surface area contributed by atoms with Crippen LogP contribution in [0.25, 0.3) is 0 Å². The second kappa shape index (κ2) is 16.6. The molecule has 9 aliphatic rings. The molecule has 5 heterocycles. The van der Waals surface area contributed by atoms with E-state index < -0.39 is 116 Å². The van der Waals surface area contributed by atoms with Gasteiger partial charge in [0, 0.05) is 24.2 Å². The van der Waals surface area contributed by atoms with Crippen LogP contribution in [-0.2, 0) is 37.9 Å². The van der Waals surface area contributed by atoms with Crippen LogP contribution in [0.5, 0.6) is 0 Å². The molecule has 9 rings (SSSR count). The molecular weight excluding hydrogens is 836 g/mol. The van der Waals surface area contributed by atoms with E-state index in [1.807, 2.05) is 6.92 Å². The van der Waals surface area contributed by atoms with Crippen LogP contribution in [-0.4, -0.2) is 175 Å². The summed E-state index contributed by atoms with van der Waals surface area (Å²) >= 11 is 0. The first-order chi connectivity index (χ1) is 29.9. The van der Waals surface area contributed by atoms with E-state index >= 15 is 0 Å². The monoisotopic (exact) mass is 913 g/mol. The van der Waals surface area contributed by atoms with E-state index in [0.29, 0.717) is 25.4 Å². The van der Waals surface area contributed by atoms with Crippen LogP contribution in [0.1, 0.15) is 107 Å². The molecule has 5 aliphatic heterocycles. The second-order valence-electron chi connectivity index (χ2n) is 23.0. The third-order valence-electron chi connectivity index (χ3n) is 18.7. The quantitative estimate of drug-likeness (QED) is 0.122. The lowest BCUT2D eigenvalue weighted by molar-refractivity contribution is -0.388. The Morgan fingerprint density at radius 1 is 0.734 bits per heavy atom. The number of aliphatic hydroxyl groups excluding tert-OH is 8. The SMILES string of the molecule is CC(C)=CC1CC(C)(O)C2C3CCC4C5(C)CCC(OC6OCC(O)C(OC7OC(CO)C(O)C(O)C7O)C6OC6OC(C)C(O)C(O)C6O)C(C)(C)C5CCC4(C)C34COC2(C4)O1. The van der Waals surface area contributed by atoms with Crippen molar-refractivity contribution in [1.29, 1.82) is 0 Å². The number of allylic oxidation sites excluding steroid dienone is 1. The Hall–Kier alpha value is -0.940. The van der Waals surface area contributed by atoms with Gasteiger partial charge in [-0.05, 0) is 100 Å². The van der Waals surface area contributed by atoms with Gasteiger partial charge in [0.05, 0.1) is 43.7 Å². The van der Waals surface area contributed by atoms with Gasteiger partial charge in [-0.25, -0.2) is 0 Å². The summed E-state index contributed by atoms with van der Waals surface area (Å²) in [6, 6.07) is 0. The van der Waals surface area contributed by atoms with Crippen molar-refractivity contribution in [3.63, 3.8) is 0 Å². The summed E-state index contributed by atoms with van der Waals surface area (Å²) in [5, 5.41) is 97.7. The molecule has 2 bridgehead atoms. The zero-order valence-electron chi connectivity index (χ0n) is 38.7. The predicted octanol–water partition coefficient (Wildman–Crippen LogP) is 0.994. The molecule has 366 valence electrons. The van der Waals surface area contributed by atoms with Gasteiger partial charge in [-0.15, -0.1) is 0 Å². The van der Waals surface area contributed by atoms with Crippen molar-refractivity contribution in [2.45, 2.75) is 216 Å². The van der Waals surface area contributed by atoms with E-state index in [1.54, 1.807) is 0 Å². The Morgan fingerprint density at radius 3 is 2.09 bits per heavy atom. The third-order valence-corrected chi connectivity index (χ3v) is 18.7. The van der Waals surface area contributed by atoms with Gasteiger partial charge >= 0.3 is 0 Å². The summed E-state index contributed by atoms with van der Waals surface area (Å²) in [4.78, 5) is 0. The summed E-state index contributed by atoms with van der Waals surface area (Å²) < 4.78 is 51.0. The Labute approximate surface area is 376 Å². The first kappa shape index (κ1) is 48.1. The van der Waals surface area contributed by atoms with Crippen LogP contribution in [0, 0.1) is 45.3 Å². The average Bonchev–Trinajstić information content (AvgIpc) is 3.74. The molecule has 4 saturated carbocycles. The predicted molar refractivity (Wildman–Crippen MR) is 223 cm³/mol. The summed E-state index contributed by atoms with van der Waals surface area (Å²) in [6.07, 6.45) is -12.6. The molecule has 2 spiro atoms. The molecule has 0 radical (unpaired) electrons. The highest BCUT2D eigenvalue weighted by molar-refractivity contribution is 5.26. The number of hydrogen-bond donors (Lipinski definition) is 9. The second-order valence-corrected chi connectivity index (χ2v) is 23.0. The fraction of sp³-hybridized carbons (Fsp3) is 0.957. The summed E-state index contributed by atoms with van der Waals surface area (Å²) in [5.74, 6) is -0.0364. The van der Waals surface area contributed by atoms with Crippen molar-refractivity contribution < 1.29 is 83.9 Å². The zero-order chi connectivity index (χ0) is 46.3. The van der Waals surface area contributed by atoms with Crippen molar-refractivity contribution in [3.05, 3.63) is 11.6 Å². The number of aliphatic hydroxyl groups is 9. The Morgan fingerprint density at radius 2 is 1.41 bits per heavy atom. The lowest BCUT2D eigenvalue weighted by atomic mass is 9.35. The largest absolute Gasteiger partial charge is 0.394 e. The van der Waals surface area contributed by atoms with E-state index in [2.05, 4.69) is 47.6 Å². The van der Waals surface area contributed by atoms with Gasteiger partial charge < -0.3 is 83.9 Å². The highest BCUT2D eigenvalue weighted by atomic mass is 16.8. The van der Waals surface area contributed by atoms with Crippen LogP contribution < -0.4 is 0 Å². The van der Waals surface area contributed by atoms with E-state index in [0.717, 1.165) is 44.1 Å². The minimum atomic E-state index is -1.79. The fourth-order valence-corrected chi connectivity index (χ4v) is 15.8. The summed E-state index contributed by atoms with van der Waals surface area (Å²) in [5.41, 5.74) is -0.471. The van der Waals surface area contributed by atoms with Crippen LogP contribution in [0.4, 0.5) is 0 Å². The highest BCUT2D eigenvalue weighted by Gasteiger charge is 2.81. The van der Waals surface area contributed by atoms with Crippen LogP contribution in [0.3, 0.4) is 0 Å². The zero-order valence-corrected chi connectivity index (χ0v) is 38.7. The van der Waals surface area contributed by atoms with E-state index in [1.165, 1.54) is 6.92 Å². The molecule has 25 atom stereocenters. The average molecular weight is 913 g/mol. The standard InChI is InChI=1S/C47H76O17/c1-21(2)15-23-16-45(8,56)38-24-9-10-28-43(6)13-12-29(42(4,5)27(43)11-14-44(28,7)46(24)19-47(38,64-23)58-20-46)61-41-37(63-39-34(54)32(52)30(50)22(3)59-39)36(25(49)18-57-41)62-40-35(55)33(53)31(51)26(17-48)60-40/h15,22-41,48-56H,9-14,16-20H2,1-8H3. The topological polar surface area (TPSA) is 256 Å². The minimum absolute atomic E-state index is 0.0656. The third kappa shape index (κ3) is 7.19. The van der Waals surface area contributed by atoms with E-state index in [9.17, 15) is 46.0 Å². The van der Waals surface area contributed by atoms with Crippen molar-refractivity contribution >= 4 is 0 Å². The maximum atomic E-state index is 12.2. The van der Waals surface area contributed by atoms with Gasteiger partial charge in [0.2, 0.25) is 0 Å². The van der Waals surface area contributed by atoms with Crippen LogP contribution in [0.2, 0.25) is 0 Å². The number of fused-ring (bicyclic) bond motifs is 4. The van der Waals surface area contributed by atoms with Gasteiger partial charge in [-0.1, -0.05) is 39.3 Å². The molecule has 25 unspecified atom stereocenters. The van der Waals surface area contributed by atoms with Crippen molar-refractivity contribution in [3.8, 4) is 0 Å². The van der Waals surface area contributed by atoms with E-state index in [-0.39, 0.29) is 46.7 Å². The van der Waals surface area contributed by atoms with E-state index in [4.69, 9.17) is 37.9 Å². The van der Waals surface area contributed by atoms with Gasteiger partial charge in [0.1, 0.15) is 61.0 Å². The summed E-state index contributed by atoms with van der Waals surface area (Å²) in [6.45, 7) is 16.7. The normalized spacial score (nSPS) is 57.8. The molecule has 64 heavy (non-hydrogen) atoms. The minimum Gasteiger partial charge on any atom is -0.394 e. The molecular formula is C47H76O17. The molecule has 5 saturated heterocycles. The molecule has 17 heteroatoms. The van der Waals surface area contributed by atoms with Crippen molar-refractivity contribution in [2.75, 3.05) is 19.8 Å². The van der Waals surface area contributed by atoms with Crippen molar-refractivity contribution in [2.24, 2.45) is 45.3 Å². The Balaban J connectivity index is 0.974. The van der Waals surface area contributed by atoms with Gasteiger partial charge in [-0.3, -0.25) is 0 Å². The molecule has 9 fully saturated rings. The number of hydrogen-bond acceptors (Lipinski definition) is 17. The molecule has 9 N–H and O–H groups in total.